The van der Waals surface area contributed by atoms with Gasteiger partial charge in [-0.1, -0.05) is 29.8 Å². The second kappa shape index (κ2) is 10.2. The van der Waals surface area contributed by atoms with Crippen LogP contribution >= 0.6 is 0 Å². The van der Waals surface area contributed by atoms with Gasteiger partial charge in [0.2, 0.25) is 11.8 Å². The maximum Gasteiger partial charge on any atom is 0.226 e. The van der Waals surface area contributed by atoms with Crippen LogP contribution in [0, 0.1) is 12.8 Å². The van der Waals surface area contributed by atoms with E-state index in [0.717, 1.165) is 58.4 Å². The number of benzene rings is 1. The van der Waals surface area contributed by atoms with Gasteiger partial charge >= 0.3 is 0 Å². The zero-order valence-electron chi connectivity index (χ0n) is 18.4. The molecular formula is C24H37N3O2. The lowest BCUT2D eigenvalue weighted by Gasteiger charge is -2.38. The molecule has 0 spiro atoms. The third-order valence-electron chi connectivity index (χ3n) is 6.66. The van der Waals surface area contributed by atoms with Gasteiger partial charge in [-0.25, -0.2) is 0 Å². The molecule has 0 unspecified atom stereocenters. The van der Waals surface area contributed by atoms with Crippen molar-refractivity contribution >= 4 is 11.8 Å². The Kier molecular flexibility index (Phi) is 7.70. The predicted octanol–water partition coefficient (Wildman–Crippen LogP) is 3.46. The molecule has 160 valence electrons. The minimum Gasteiger partial charge on any atom is -0.343 e. The Hall–Kier alpha value is -1.88. The molecule has 29 heavy (non-hydrogen) atoms. The third-order valence-corrected chi connectivity index (χ3v) is 6.66. The first-order valence-corrected chi connectivity index (χ1v) is 11.4. The van der Waals surface area contributed by atoms with Crippen molar-refractivity contribution in [2.24, 2.45) is 5.92 Å². The summed E-state index contributed by atoms with van der Waals surface area (Å²) in [4.78, 5) is 32.0. The number of hydrogen-bond acceptors (Lipinski definition) is 3. The van der Waals surface area contributed by atoms with Gasteiger partial charge in [-0.3, -0.25) is 14.5 Å². The highest BCUT2D eigenvalue weighted by Crippen LogP contribution is 2.26. The van der Waals surface area contributed by atoms with E-state index in [-0.39, 0.29) is 11.8 Å². The Morgan fingerprint density at radius 1 is 1.07 bits per heavy atom. The van der Waals surface area contributed by atoms with E-state index in [2.05, 4.69) is 49.9 Å². The van der Waals surface area contributed by atoms with Crippen molar-refractivity contribution in [2.45, 2.75) is 65.5 Å². The van der Waals surface area contributed by atoms with Crippen LogP contribution in [0.1, 0.15) is 57.1 Å². The number of carbonyl (C=O) groups is 2. The summed E-state index contributed by atoms with van der Waals surface area (Å²) in [5.74, 6) is 0.692. The molecule has 5 heteroatoms. The number of rotatable bonds is 6. The van der Waals surface area contributed by atoms with Crippen LogP contribution in [-0.2, 0) is 16.1 Å². The molecule has 1 aromatic rings. The van der Waals surface area contributed by atoms with Gasteiger partial charge in [0.25, 0.3) is 0 Å². The molecule has 1 aromatic carbocycles. The molecular weight excluding hydrogens is 362 g/mol. The van der Waals surface area contributed by atoms with E-state index < -0.39 is 0 Å². The smallest absolute Gasteiger partial charge is 0.226 e. The highest BCUT2D eigenvalue weighted by Gasteiger charge is 2.33. The van der Waals surface area contributed by atoms with E-state index in [9.17, 15) is 9.59 Å². The SMILES string of the molecule is CCN(CC)C(=O)[C@H]1CCCN([C@@H]2CCC(=O)N(Cc3ccc(C)cc3)CC2)C1. The van der Waals surface area contributed by atoms with Gasteiger partial charge in [-0.15, -0.1) is 0 Å². The van der Waals surface area contributed by atoms with Gasteiger partial charge in [0.05, 0.1) is 5.92 Å². The van der Waals surface area contributed by atoms with Crippen molar-refractivity contribution in [3.8, 4) is 0 Å². The van der Waals surface area contributed by atoms with Crippen molar-refractivity contribution in [2.75, 3.05) is 32.7 Å². The first-order valence-electron chi connectivity index (χ1n) is 11.4. The van der Waals surface area contributed by atoms with Gasteiger partial charge in [0.15, 0.2) is 0 Å². The Labute approximate surface area is 176 Å². The molecule has 0 aromatic heterocycles. The maximum absolute atomic E-state index is 12.8. The lowest BCUT2D eigenvalue weighted by Crippen LogP contribution is -2.48. The number of hydrogen-bond donors (Lipinski definition) is 0. The van der Waals surface area contributed by atoms with Crippen molar-refractivity contribution in [3.05, 3.63) is 35.4 Å². The van der Waals surface area contributed by atoms with Gasteiger partial charge in [-0.05, 0) is 58.6 Å². The molecule has 2 atom stereocenters. The number of carbonyl (C=O) groups excluding carboxylic acids is 2. The van der Waals surface area contributed by atoms with Crippen LogP contribution in [0.5, 0.6) is 0 Å². The number of piperidine rings is 1. The van der Waals surface area contributed by atoms with E-state index >= 15 is 0 Å². The van der Waals surface area contributed by atoms with E-state index in [1.165, 1.54) is 11.1 Å². The molecule has 2 heterocycles. The molecule has 2 aliphatic rings. The first-order chi connectivity index (χ1) is 14.0. The summed E-state index contributed by atoms with van der Waals surface area (Å²) < 4.78 is 0. The molecule has 0 N–H and O–H groups in total. The van der Waals surface area contributed by atoms with E-state index in [4.69, 9.17) is 0 Å². The molecule has 5 nitrogen and oxygen atoms in total. The fourth-order valence-corrected chi connectivity index (χ4v) is 4.80. The fourth-order valence-electron chi connectivity index (χ4n) is 4.80. The number of likely N-dealkylation sites (tertiary alicyclic amines) is 2. The van der Waals surface area contributed by atoms with Crippen molar-refractivity contribution < 1.29 is 9.59 Å². The molecule has 0 bridgehead atoms. The lowest BCUT2D eigenvalue weighted by molar-refractivity contribution is -0.137. The molecule has 0 radical (unpaired) electrons. The normalized spacial score (nSPS) is 23.7. The Bertz CT molecular complexity index is 684. The molecule has 2 fully saturated rings. The Morgan fingerprint density at radius 3 is 2.48 bits per heavy atom. The van der Waals surface area contributed by atoms with Crippen LogP contribution in [0.4, 0.5) is 0 Å². The fraction of sp³-hybridized carbons (Fsp3) is 0.667. The summed E-state index contributed by atoms with van der Waals surface area (Å²) >= 11 is 0. The van der Waals surface area contributed by atoms with Gasteiger partial charge in [-0.2, -0.15) is 0 Å². The van der Waals surface area contributed by atoms with Crippen LogP contribution in [0.2, 0.25) is 0 Å². The summed E-state index contributed by atoms with van der Waals surface area (Å²) in [6, 6.07) is 8.88. The number of aryl methyl sites for hydroxylation is 1. The van der Waals surface area contributed by atoms with E-state index in [1.54, 1.807) is 0 Å². The van der Waals surface area contributed by atoms with Crippen LogP contribution in [0.25, 0.3) is 0 Å². The summed E-state index contributed by atoms with van der Waals surface area (Å²) in [6.45, 7) is 11.2. The summed E-state index contributed by atoms with van der Waals surface area (Å²) in [6.07, 6.45) is 4.60. The molecule has 2 aliphatic heterocycles. The number of amides is 2. The second-order valence-corrected chi connectivity index (χ2v) is 8.63. The van der Waals surface area contributed by atoms with Gasteiger partial charge < -0.3 is 9.80 Å². The molecule has 0 saturated carbocycles. The molecule has 2 saturated heterocycles. The quantitative estimate of drug-likeness (QED) is 0.736. The van der Waals surface area contributed by atoms with Crippen LogP contribution in [0.3, 0.4) is 0 Å². The summed E-state index contributed by atoms with van der Waals surface area (Å²) in [5.41, 5.74) is 2.44. The predicted molar refractivity (Wildman–Crippen MR) is 116 cm³/mol. The van der Waals surface area contributed by atoms with Crippen molar-refractivity contribution in [3.63, 3.8) is 0 Å². The van der Waals surface area contributed by atoms with Crippen molar-refractivity contribution in [1.29, 1.82) is 0 Å². The summed E-state index contributed by atoms with van der Waals surface area (Å²) in [7, 11) is 0. The summed E-state index contributed by atoms with van der Waals surface area (Å²) in [5, 5.41) is 0. The second-order valence-electron chi connectivity index (χ2n) is 8.63. The molecule has 0 aliphatic carbocycles. The highest BCUT2D eigenvalue weighted by atomic mass is 16.2. The van der Waals surface area contributed by atoms with Crippen LogP contribution in [-0.4, -0.2) is 65.3 Å². The van der Waals surface area contributed by atoms with Gasteiger partial charge in [0, 0.05) is 45.2 Å². The average molecular weight is 400 g/mol. The zero-order valence-corrected chi connectivity index (χ0v) is 18.4. The number of nitrogens with zero attached hydrogens (tertiary/aromatic N) is 3. The highest BCUT2D eigenvalue weighted by molar-refractivity contribution is 5.79. The van der Waals surface area contributed by atoms with E-state index in [1.807, 2.05) is 9.80 Å². The Balaban J connectivity index is 1.58. The lowest BCUT2D eigenvalue weighted by atomic mass is 9.93. The monoisotopic (exact) mass is 399 g/mol. The Morgan fingerprint density at radius 2 is 1.79 bits per heavy atom. The third kappa shape index (κ3) is 5.59. The topological polar surface area (TPSA) is 43.9 Å². The maximum atomic E-state index is 12.8. The first kappa shape index (κ1) is 21.8. The van der Waals surface area contributed by atoms with Gasteiger partial charge in [0.1, 0.15) is 0 Å². The van der Waals surface area contributed by atoms with Crippen molar-refractivity contribution in [1.82, 2.24) is 14.7 Å². The molecule has 3 rings (SSSR count). The standard InChI is InChI=1S/C24H37N3O2/c1-4-25(5-2)24(29)21-7-6-15-26(18-21)22-12-13-23(28)27(16-14-22)17-20-10-8-19(3)9-11-20/h8-11,21-22H,4-7,12-18H2,1-3H3/t21-,22+/m0/s1. The van der Waals surface area contributed by atoms with Crippen LogP contribution in [0.15, 0.2) is 24.3 Å². The minimum absolute atomic E-state index is 0.117. The largest absolute Gasteiger partial charge is 0.343 e. The van der Waals surface area contributed by atoms with E-state index in [0.29, 0.717) is 24.9 Å². The molecule has 2 amide bonds. The average Bonchev–Trinajstić information content (AvgIpc) is 2.92. The minimum atomic E-state index is 0.117. The zero-order chi connectivity index (χ0) is 20.8. The van der Waals surface area contributed by atoms with Crippen LogP contribution < -0.4 is 0 Å².